The van der Waals surface area contributed by atoms with Gasteiger partial charge < -0.3 is 30.2 Å². The molecule has 0 atom stereocenters. The molecule has 2 heterocycles. The molecule has 0 radical (unpaired) electrons. The molecule has 2 aliphatic heterocycles. The summed E-state index contributed by atoms with van der Waals surface area (Å²) in [6.45, 7) is 6.42. The molecule has 4 aliphatic rings. The minimum absolute atomic E-state index is 0.105. The molecule has 4 aromatic carbocycles. The molecule has 2 aliphatic carbocycles. The normalized spacial score (nSPS) is 15.6. The highest BCUT2D eigenvalue weighted by Gasteiger charge is 2.32. The monoisotopic (exact) mass is 692 g/mol. The molecule has 0 aromatic heterocycles. The van der Waals surface area contributed by atoms with E-state index in [9.17, 15) is 19.2 Å². The number of benzene rings is 4. The van der Waals surface area contributed by atoms with E-state index in [1.165, 1.54) is 0 Å². The molecule has 0 spiro atoms. The third-order valence-corrected chi connectivity index (χ3v) is 10.2. The first-order valence-electron chi connectivity index (χ1n) is 17.9. The minimum atomic E-state index is -0.110. The number of nitrogens with zero attached hydrogens (tertiary/aromatic N) is 4. The van der Waals surface area contributed by atoms with Gasteiger partial charge in [0.1, 0.15) is 0 Å². The Hall–Kier alpha value is -6.16. The summed E-state index contributed by atoms with van der Waals surface area (Å²) < 4.78 is 0. The average Bonchev–Trinajstić information content (AvgIpc) is 3.84. The van der Waals surface area contributed by atoms with E-state index in [4.69, 9.17) is 0 Å². The van der Waals surface area contributed by atoms with Crippen molar-refractivity contribution in [1.82, 2.24) is 19.6 Å². The predicted octanol–water partition coefficient (Wildman–Crippen LogP) is 5.63. The molecule has 262 valence electrons. The summed E-state index contributed by atoms with van der Waals surface area (Å²) in [5, 5.41) is 6.82. The highest BCUT2D eigenvalue weighted by Crippen LogP contribution is 2.33. The van der Waals surface area contributed by atoms with Crippen molar-refractivity contribution in [1.29, 1.82) is 0 Å². The summed E-state index contributed by atoms with van der Waals surface area (Å²) >= 11 is 0. The summed E-state index contributed by atoms with van der Waals surface area (Å²) in [5.41, 5.74) is 5.12. The van der Waals surface area contributed by atoms with Crippen molar-refractivity contribution in [3.05, 3.63) is 154 Å². The van der Waals surface area contributed by atoms with Crippen LogP contribution in [0.2, 0.25) is 0 Å². The lowest BCUT2D eigenvalue weighted by Crippen LogP contribution is -2.31. The van der Waals surface area contributed by atoms with Crippen LogP contribution in [0.4, 0.5) is 11.4 Å². The van der Waals surface area contributed by atoms with Crippen LogP contribution in [0.5, 0.6) is 0 Å². The van der Waals surface area contributed by atoms with Crippen molar-refractivity contribution in [3.63, 3.8) is 0 Å². The Morgan fingerprint density at radius 3 is 1.15 bits per heavy atom. The quantitative estimate of drug-likeness (QED) is 0.148. The van der Waals surface area contributed by atoms with Gasteiger partial charge in [0.25, 0.3) is 0 Å². The number of carbonyl (C=O) groups excluding carboxylic acids is 4. The zero-order valence-corrected chi connectivity index (χ0v) is 28.9. The fourth-order valence-corrected chi connectivity index (χ4v) is 7.50. The van der Waals surface area contributed by atoms with Crippen LogP contribution < -0.4 is 10.6 Å². The molecular weight excluding hydrogens is 653 g/mol. The lowest BCUT2D eigenvalue weighted by atomic mass is 9.83. The second-order valence-electron chi connectivity index (χ2n) is 13.6. The highest BCUT2D eigenvalue weighted by atomic mass is 16.1. The second-order valence-corrected chi connectivity index (χ2v) is 13.6. The van der Waals surface area contributed by atoms with Gasteiger partial charge in [-0.15, -0.1) is 0 Å². The van der Waals surface area contributed by atoms with Crippen molar-refractivity contribution in [2.45, 2.75) is 12.8 Å². The Labute approximate surface area is 303 Å². The molecule has 0 bridgehead atoms. The molecule has 52 heavy (non-hydrogen) atoms. The van der Waals surface area contributed by atoms with Crippen molar-refractivity contribution < 1.29 is 19.2 Å². The number of nitrogens with one attached hydrogen (secondary N) is 2. The summed E-state index contributed by atoms with van der Waals surface area (Å²) in [5.74, 6) is -0.431. The number of hydrogen-bond acceptors (Lipinski definition) is 10. The van der Waals surface area contributed by atoms with E-state index in [0.29, 0.717) is 69.0 Å². The van der Waals surface area contributed by atoms with E-state index in [1.54, 1.807) is 60.7 Å². The number of anilines is 2. The maximum atomic E-state index is 13.3. The fraction of sp³-hybridized carbons (Fsp3) is 0.238. The van der Waals surface area contributed by atoms with Gasteiger partial charge in [0, 0.05) is 109 Å². The van der Waals surface area contributed by atoms with Crippen LogP contribution >= 0.6 is 0 Å². The van der Waals surface area contributed by atoms with E-state index in [-0.39, 0.29) is 23.1 Å². The van der Waals surface area contributed by atoms with Crippen LogP contribution in [0, 0.1) is 0 Å². The first-order valence-corrected chi connectivity index (χ1v) is 17.9. The van der Waals surface area contributed by atoms with Gasteiger partial charge in [0.15, 0.2) is 23.1 Å². The third-order valence-electron chi connectivity index (χ3n) is 10.2. The van der Waals surface area contributed by atoms with Gasteiger partial charge in [-0.1, -0.05) is 72.8 Å². The molecule has 0 amide bonds. The predicted molar refractivity (Wildman–Crippen MR) is 201 cm³/mol. The number of carbonyl (C=O) groups is 4. The van der Waals surface area contributed by atoms with Crippen LogP contribution in [0.15, 0.2) is 110 Å². The summed E-state index contributed by atoms with van der Waals surface area (Å²) in [7, 11) is 0. The number of rotatable bonds is 13. The van der Waals surface area contributed by atoms with Gasteiger partial charge in [-0.2, -0.15) is 0 Å². The van der Waals surface area contributed by atoms with Crippen LogP contribution in [0.3, 0.4) is 0 Å². The molecule has 0 saturated heterocycles. The van der Waals surface area contributed by atoms with Crippen molar-refractivity contribution in [2.75, 3.05) is 63.2 Å². The van der Waals surface area contributed by atoms with Crippen molar-refractivity contribution in [2.24, 2.45) is 0 Å². The molecule has 8 rings (SSSR count). The van der Waals surface area contributed by atoms with Crippen molar-refractivity contribution in [3.8, 4) is 0 Å². The largest absolute Gasteiger partial charge is 0.383 e. The molecular formula is C42H40N6O4. The molecule has 10 nitrogen and oxygen atoms in total. The van der Waals surface area contributed by atoms with Gasteiger partial charge in [-0.25, -0.2) is 0 Å². The van der Waals surface area contributed by atoms with Crippen LogP contribution in [0.1, 0.15) is 76.5 Å². The minimum Gasteiger partial charge on any atom is -0.383 e. The SMILES string of the molecule is O=C1c2ccccc2C(=O)c2c(NCCN3C=CN(CCCCN4C=CN(CCNc5cccc6c5C(=O)c5ccccc5C6=O)C4)C3)cccc21. The first-order chi connectivity index (χ1) is 25.5. The van der Waals surface area contributed by atoms with E-state index in [1.807, 2.05) is 24.3 Å². The highest BCUT2D eigenvalue weighted by molar-refractivity contribution is 6.31. The van der Waals surface area contributed by atoms with Gasteiger partial charge >= 0.3 is 0 Å². The lowest BCUT2D eigenvalue weighted by Gasteiger charge is -2.24. The van der Waals surface area contributed by atoms with Crippen LogP contribution in [0.25, 0.3) is 0 Å². The Morgan fingerprint density at radius 2 is 0.750 bits per heavy atom. The Kier molecular flexibility index (Phi) is 9.03. The molecule has 10 heteroatoms. The van der Waals surface area contributed by atoms with Crippen LogP contribution in [-0.2, 0) is 0 Å². The van der Waals surface area contributed by atoms with Gasteiger partial charge in [0.2, 0.25) is 0 Å². The van der Waals surface area contributed by atoms with Gasteiger partial charge in [0.05, 0.1) is 24.5 Å². The van der Waals surface area contributed by atoms with E-state index >= 15 is 0 Å². The summed E-state index contributed by atoms with van der Waals surface area (Å²) in [4.78, 5) is 61.8. The van der Waals surface area contributed by atoms with Gasteiger partial charge in [-0.05, 0) is 25.0 Å². The van der Waals surface area contributed by atoms with E-state index < -0.39 is 0 Å². The van der Waals surface area contributed by atoms with Crippen LogP contribution in [-0.4, -0.2) is 95.3 Å². The Bertz CT molecular complexity index is 1990. The fourth-order valence-electron chi connectivity index (χ4n) is 7.50. The lowest BCUT2D eigenvalue weighted by molar-refractivity contribution is 0.0979. The molecule has 4 aromatic rings. The standard InChI is InChI=1S/C42H40N6O4/c49-39-29-9-1-3-11-31(29)41(51)37-33(39)13-7-15-35(37)43-17-21-47-25-23-45(27-47)19-5-6-20-46-24-26-48(28-46)22-18-44-36-16-8-14-34-38(36)42(52)32-12-4-2-10-30(32)40(34)50/h1-4,7-16,23-26,43-44H,5-6,17-22,27-28H2. The Morgan fingerprint density at radius 1 is 0.404 bits per heavy atom. The molecule has 0 fully saturated rings. The summed E-state index contributed by atoms with van der Waals surface area (Å²) in [6, 6.07) is 24.9. The second kappa shape index (κ2) is 14.2. The topological polar surface area (TPSA) is 105 Å². The maximum Gasteiger partial charge on any atom is 0.196 e. The third kappa shape index (κ3) is 6.32. The average molecular weight is 693 g/mol. The number of ketones is 4. The first kappa shape index (κ1) is 33.0. The number of fused-ring (bicyclic) bond motifs is 4. The zero-order chi connectivity index (χ0) is 35.6. The molecule has 0 unspecified atom stereocenters. The summed E-state index contributed by atoms with van der Waals surface area (Å²) in [6.07, 6.45) is 10.6. The van der Waals surface area contributed by atoms with Crippen molar-refractivity contribution >= 4 is 34.5 Å². The molecule has 0 saturated carbocycles. The number of hydrogen-bond donors (Lipinski definition) is 2. The maximum absolute atomic E-state index is 13.3. The smallest absolute Gasteiger partial charge is 0.196 e. The Balaban J connectivity index is 0.732. The van der Waals surface area contributed by atoms with Gasteiger partial charge in [-0.3, -0.25) is 19.2 Å². The molecule has 2 N–H and O–H groups in total. The van der Waals surface area contributed by atoms with E-state index in [2.05, 4.69) is 55.0 Å². The van der Waals surface area contributed by atoms with E-state index in [0.717, 1.165) is 52.4 Å². The zero-order valence-electron chi connectivity index (χ0n) is 28.9. The number of unbranched alkanes of at least 4 members (excludes halogenated alkanes) is 1.